The summed E-state index contributed by atoms with van der Waals surface area (Å²) >= 11 is -5.62. The monoisotopic (exact) mass is 198 g/mol. The average Bonchev–Trinajstić information content (AvgIpc) is 0.722. The molecule has 0 aromatic carbocycles. The molecule has 0 heterocycles. The number of hydrogen-bond acceptors (Lipinski definition) is 4. The predicted molar refractivity (Wildman–Crippen MR) is 9.21 cm³/mol. The van der Waals surface area contributed by atoms with Gasteiger partial charge in [-0.15, -0.1) is 0 Å². The van der Waals surface area contributed by atoms with Gasteiger partial charge in [0.05, 0.1) is 0 Å². The Morgan fingerprint density at radius 3 is 1.14 bits per heavy atom. The first-order valence-corrected chi connectivity index (χ1v) is 2.54. The van der Waals surface area contributed by atoms with Crippen molar-refractivity contribution in [2.45, 2.75) is 0 Å². The van der Waals surface area contributed by atoms with Crippen LogP contribution in [0.15, 0.2) is 0 Å². The second-order valence-electron chi connectivity index (χ2n) is 0.378. The summed E-state index contributed by atoms with van der Waals surface area (Å²) in [5.41, 5.74) is 0. The van der Waals surface area contributed by atoms with Crippen molar-refractivity contribution in [3.05, 3.63) is 0 Å². The Balaban J connectivity index is -0.0000000800. The molecule has 0 saturated carbocycles. The standard InChI is InChI=1S/2K.Mn.4O.H/q;+1;;;;;-1;. The molecule has 4 nitrogen and oxygen atoms in total. The van der Waals surface area contributed by atoms with Crippen LogP contribution in [0.4, 0.5) is 0 Å². The van der Waals surface area contributed by atoms with Crippen LogP contribution in [-0.4, -0.2) is 51.4 Å². The predicted octanol–water partition coefficient (Wildman–Crippen LogP) is -5.19. The Morgan fingerprint density at radius 2 is 1.14 bits per heavy atom. The topological polar surface area (TPSA) is 74.3 Å². The summed E-state index contributed by atoms with van der Waals surface area (Å²) < 4.78 is 34.3. The van der Waals surface area contributed by atoms with E-state index in [1.807, 2.05) is 0 Å². The van der Waals surface area contributed by atoms with Gasteiger partial charge in [-0.05, 0) is 0 Å². The second-order valence-corrected chi connectivity index (χ2v) is 1.56. The molecular formula is HK2MnO4. The summed E-state index contributed by atoms with van der Waals surface area (Å²) in [6, 6.07) is 0. The van der Waals surface area contributed by atoms with Crippen molar-refractivity contribution in [1.29, 1.82) is 0 Å². The van der Waals surface area contributed by atoms with Gasteiger partial charge in [-0.1, -0.05) is 0 Å². The zero-order chi connectivity index (χ0) is 4.50. The molecule has 0 saturated heterocycles. The van der Waals surface area contributed by atoms with E-state index in [9.17, 15) is 0 Å². The molecule has 0 amide bonds. The molecule has 0 bridgehead atoms. The normalized spacial score (nSPS) is 8.14. The van der Waals surface area contributed by atoms with Crippen LogP contribution in [-0.2, 0) is 24.5 Å². The van der Waals surface area contributed by atoms with Crippen LogP contribution in [0, 0.1) is 0 Å². The van der Waals surface area contributed by atoms with Crippen LogP contribution < -0.4 is 55.6 Å². The Bertz CT molecular complexity index is 131. The molecule has 0 aliphatic rings. The fourth-order valence-electron chi connectivity index (χ4n) is 0. The third-order valence-electron chi connectivity index (χ3n) is 0. The molecule has 0 aromatic heterocycles. The fraction of sp³-hybridized carbons (Fsp3) is 0. The summed E-state index contributed by atoms with van der Waals surface area (Å²) in [6.07, 6.45) is 0. The van der Waals surface area contributed by atoms with E-state index in [2.05, 4.69) is 0 Å². The second kappa shape index (κ2) is 7.26. The summed E-state index contributed by atoms with van der Waals surface area (Å²) in [4.78, 5) is 0. The molecule has 0 radical (unpaired) electrons. The molecule has 7 heavy (non-hydrogen) atoms. The maximum absolute atomic E-state index is 8.58. The van der Waals surface area contributed by atoms with E-state index in [-0.39, 0.29) is 103 Å². The van der Waals surface area contributed by atoms with E-state index in [0.29, 0.717) is 0 Å². The maximum atomic E-state index is 8.58. The van der Waals surface area contributed by atoms with E-state index in [1.165, 1.54) is 0 Å². The number of rotatable bonds is 0. The zero-order valence-corrected chi connectivity index (χ0v) is 7.31. The Kier molecular flexibility index (Phi) is 17.2. The molecule has 0 unspecified atom stereocenters. The quantitative estimate of drug-likeness (QED) is 0.365. The van der Waals surface area contributed by atoms with E-state index in [1.54, 1.807) is 0 Å². The Labute approximate surface area is 127 Å². The van der Waals surface area contributed by atoms with Gasteiger partial charge in [-0.2, -0.15) is 0 Å². The van der Waals surface area contributed by atoms with E-state index in [4.69, 9.17) is 15.7 Å². The molecular weight excluding hydrogens is 197 g/mol. The van der Waals surface area contributed by atoms with Crippen LogP contribution in [0.25, 0.3) is 0 Å². The van der Waals surface area contributed by atoms with Crippen molar-refractivity contribution < 1.29 is 80.0 Å². The summed E-state index contributed by atoms with van der Waals surface area (Å²) in [5, 5.41) is 0. The minimum atomic E-state index is -5.62. The molecule has 0 atom stereocenters. The first kappa shape index (κ1) is 16.6. The van der Waals surface area contributed by atoms with Crippen molar-refractivity contribution in [2.24, 2.45) is 0 Å². The third-order valence-corrected chi connectivity index (χ3v) is 0. The molecule has 0 N–H and O–H groups in total. The fourth-order valence-corrected chi connectivity index (χ4v) is 0. The SMILES string of the molecule is [K+].[KH].[O]=[Mn](=[O])(=[O])[O-]. The van der Waals surface area contributed by atoms with Crippen molar-refractivity contribution >= 4 is 51.4 Å². The van der Waals surface area contributed by atoms with Gasteiger partial charge in [-0.3, -0.25) is 0 Å². The van der Waals surface area contributed by atoms with E-state index < -0.39 is 13.0 Å². The van der Waals surface area contributed by atoms with Crippen molar-refractivity contribution in [3.8, 4) is 0 Å². The summed E-state index contributed by atoms with van der Waals surface area (Å²) in [6.45, 7) is 0. The summed E-state index contributed by atoms with van der Waals surface area (Å²) in [5.74, 6) is 0. The van der Waals surface area contributed by atoms with E-state index >= 15 is 0 Å². The zero-order valence-electron chi connectivity index (χ0n) is 3.01. The Hall–Kier alpha value is 3.15. The first-order chi connectivity index (χ1) is 2.00. The minimum absolute atomic E-state index is 0. The van der Waals surface area contributed by atoms with Crippen LogP contribution in [0.1, 0.15) is 0 Å². The van der Waals surface area contributed by atoms with Gasteiger partial charge in [0.15, 0.2) is 0 Å². The van der Waals surface area contributed by atoms with Gasteiger partial charge in [-0.25, -0.2) is 0 Å². The van der Waals surface area contributed by atoms with Crippen molar-refractivity contribution in [1.82, 2.24) is 0 Å². The van der Waals surface area contributed by atoms with Crippen LogP contribution in [0.5, 0.6) is 0 Å². The van der Waals surface area contributed by atoms with E-state index in [0.717, 1.165) is 0 Å². The van der Waals surface area contributed by atoms with Gasteiger partial charge in [0.25, 0.3) is 0 Å². The molecule has 0 aromatic rings. The van der Waals surface area contributed by atoms with Crippen molar-refractivity contribution in [2.75, 3.05) is 0 Å². The molecule has 0 aliphatic heterocycles. The third kappa shape index (κ3) is 47.1. The average molecular weight is 198 g/mol. The van der Waals surface area contributed by atoms with Crippen LogP contribution in [0.3, 0.4) is 0 Å². The van der Waals surface area contributed by atoms with Gasteiger partial charge in [0.2, 0.25) is 0 Å². The molecule has 0 rings (SSSR count). The van der Waals surface area contributed by atoms with Gasteiger partial charge in [0, 0.05) is 0 Å². The van der Waals surface area contributed by atoms with Gasteiger partial charge >= 0.3 is 131 Å². The molecule has 0 spiro atoms. The molecule has 0 fully saturated rings. The summed E-state index contributed by atoms with van der Waals surface area (Å²) in [7, 11) is 0. The van der Waals surface area contributed by atoms with Crippen molar-refractivity contribution in [3.63, 3.8) is 0 Å². The molecule has 7 heteroatoms. The molecule has 0 aliphatic carbocycles. The van der Waals surface area contributed by atoms with Crippen LogP contribution >= 0.6 is 0 Å². The van der Waals surface area contributed by atoms with Gasteiger partial charge < -0.3 is 0 Å². The first-order valence-electron chi connectivity index (χ1n) is 0.617. The van der Waals surface area contributed by atoms with Crippen LogP contribution in [0.2, 0.25) is 0 Å². The number of hydrogen-bond donors (Lipinski definition) is 0. The van der Waals surface area contributed by atoms with Gasteiger partial charge in [0.1, 0.15) is 0 Å². The Morgan fingerprint density at radius 1 is 1.14 bits per heavy atom. The molecule has 34 valence electrons.